The second-order valence-corrected chi connectivity index (χ2v) is 7.89. The molecule has 1 heterocycles. The number of hydrogen-bond donors (Lipinski definition) is 2. The average Bonchev–Trinajstić information content (AvgIpc) is 2.79. The number of aliphatic imine (C=N–C) groups is 1. The molecule has 7 heteroatoms. The second-order valence-electron chi connectivity index (χ2n) is 7.89. The molecule has 0 unspecified atom stereocenters. The van der Waals surface area contributed by atoms with Crippen LogP contribution in [0.25, 0.3) is 0 Å². The van der Waals surface area contributed by atoms with Crippen LogP contribution in [0.3, 0.4) is 0 Å². The van der Waals surface area contributed by atoms with Crippen molar-refractivity contribution in [2.24, 2.45) is 10.7 Å². The van der Waals surface area contributed by atoms with Gasteiger partial charge in [-0.1, -0.05) is 50.1 Å². The maximum atomic E-state index is 14.3. The summed E-state index contributed by atoms with van der Waals surface area (Å²) in [4.78, 5) is 31.4. The molecule has 0 radical (unpaired) electrons. The van der Waals surface area contributed by atoms with E-state index in [2.05, 4.69) is 16.2 Å². The van der Waals surface area contributed by atoms with Crippen LogP contribution in [0.4, 0.5) is 4.39 Å². The first-order valence-corrected chi connectivity index (χ1v) is 10.6. The Balaban J connectivity index is 1.81. The van der Waals surface area contributed by atoms with Gasteiger partial charge in [0.1, 0.15) is 11.9 Å². The van der Waals surface area contributed by atoms with Crippen molar-refractivity contribution in [2.45, 2.75) is 51.2 Å². The number of nitrogens with two attached hydrogens (primary N) is 1. The van der Waals surface area contributed by atoms with Crippen LogP contribution in [0.2, 0.25) is 0 Å². The number of carbonyl (C=O) groups is 2. The molecule has 0 bridgehead atoms. The summed E-state index contributed by atoms with van der Waals surface area (Å²) in [5, 5.41) is 2.73. The summed E-state index contributed by atoms with van der Waals surface area (Å²) in [6, 6.07) is 12.4. The van der Waals surface area contributed by atoms with Gasteiger partial charge in [-0.15, -0.1) is 6.42 Å². The van der Waals surface area contributed by atoms with Crippen LogP contribution in [0, 0.1) is 18.2 Å². The van der Waals surface area contributed by atoms with Crippen molar-refractivity contribution in [3.63, 3.8) is 0 Å². The summed E-state index contributed by atoms with van der Waals surface area (Å²) in [7, 11) is 0. The Morgan fingerprint density at radius 1 is 1.28 bits per heavy atom. The summed E-state index contributed by atoms with van der Waals surface area (Å²) in [5.74, 6) is 1.36. The molecular weight excluding hydrogens is 407 g/mol. The predicted octanol–water partition coefficient (Wildman–Crippen LogP) is 3.54. The summed E-state index contributed by atoms with van der Waals surface area (Å²) in [6.45, 7) is 3.96. The lowest BCUT2D eigenvalue weighted by Crippen LogP contribution is -2.50. The van der Waals surface area contributed by atoms with Gasteiger partial charge in [-0.2, -0.15) is 0 Å². The Morgan fingerprint density at radius 3 is 2.56 bits per heavy atom. The monoisotopic (exact) mass is 434 g/mol. The fourth-order valence-electron chi connectivity index (χ4n) is 3.81. The van der Waals surface area contributed by atoms with Gasteiger partial charge in [0.05, 0.1) is 18.5 Å². The van der Waals surface area contributed by atoms with E-state index in [1.54, 1.807) is 12.1 Å². The number of terminal acetylenes is 1. The summed E-state index contributed by atoms with van der Waals surface area (Å²) < 4.78 is 14.3. The average molecular weight is 435 g/mol. The fraction of sp³-hybridized carbons (Fsp3) is 0.320. The minimum atomic E-state index is -0.655. The number of rotatable bonds is 7. The SMILES string of the molecule is C#C[C@H](NC(=O)c1cc(F)cc(CN2C(=O)CC(CC)(CC)N=C2N)c1)c1ccccc1. The number of benzene rings is 2. The first-order chi connectivity index (χ1) is 15.3. The van der Waals surface area contributed by atoms with Crippen molar-refractivity contribution in [2.75, 3.05) is 0 Å². The van der Waals surface area contributed by atoms with E-state index < -0.39 is 23.3 Å². The van der Waals surface area contributed by atoms with Gasteiger partial charge in [0.2, 0.25) is 5.91 Å². The molecule has 0 spiro atoms. The number of carbonyl (C=O) groups excluding carboxylic acids is 2. The van der Waals surface area contributed by atoms with Crippen molar-refractivity contribution in [3.05, 3.63) is 71.0 Å². The number of nitrogens with one attached hydrogen (secondary N) is 1. The van der Waals surface area contributed by atoms with E-state index in [0.717, 1.165) is 11.6 Å². The van der Waals surface area contributed by atoms with E-state index in [1.165, 1.54) is 17.0 Å². The summed E-state index contributed by atoms with van der Waals surface area (Å²) >= 11 is 0. The Hall–Kier alpha value is -3.66. The number of halogens is 1. The molecule has 0 fully saturated rings. The normalized spacial score (nSPS) is 16.1. The third kappa shape index (κ3) is 4.97. The van der Waals surface area contributed by atoms with E-state index in [9.17, 15) is 14.0 Å². The second kappa shape index (κ2) is 9.65. The maximum Gasteiger partial charge on any atom is 0.252 e. The zero-order valence-electron chi connectivity index (χ0n) is 18.3. The molecule has 1 aliphatic rings. The highest BCUT2D eigenvalue weighted by atomic mass is 19.1. The van der Waals surface area contributed by atoms with E-state index in [-0.39, 0.29) is 30.4 Å². The van der Waals surface area contributed by atoms with Gasteiger partial charge >= 0.3 is 0 Å². The minimum Gasteiger partial charge on any atom is -0.369 e. The smallest absolute Gasteiger partial charge is 0.252 e. The number of nitrogens with zero attached hydrogens (tertiary/aromatic N) is 2. The third-order valence-electron chi connectivity index (χ3n) is 5.86. The molecule has 1 atom stereocenters. The van der Waals surface area contributed by atoms with E-state index >= 15 is 0 Å². The molecule has 166 valence electrons. The zero-order chi connectivity index (χ0) is 23.3. The molecule has 0 saturated heterocycles. The Kier molecular flexibility index (Phi) is 6.94. The van der Waals surface area contributed by atoms with Gasteiger partial charge in [-0.3, -0.25) is 14.5 Å². The minimum absolute atomic E-state index is 0.0208. The van der Waals surface area contributed by atoms with Gasteiger partial charge in [0, 0.05) is 5.56 Å². The summed E-state index contributed by atoms with van der Waals surface area (Å²) in [5.41, 5.74) is 6.88. The molecule has 0 saturated carbocycles. The third-order valence-corrected chi connectivity index (χ3v) is 5.86. The lowest BCUT2D eigenvalue weighted by molar-refractivity contribution is -0.130. The molecule has 3 rings (SSSR count). The van der Waals surface area contributed by atoms with Crippen molar-refractivity contribution in [1.29, 1.82) is 0 Å². The highest BCUT2D eigenvalue weighted by Crippen LogP contribution is 2.30. The van der Waals surface area contributed by atoms with Crippen LogP contribution in [0.15, 0.2) is 53.5 Å². The maximum absolute atomic E-state index is 14.3. The topological polar surface area (TPSA) is 87.8 Å². The molecule has 6 nitrogen and oxygen atoms in total. The lowest BCUT2D eigenvalue weighted by atomic mass is 9.88. The van der Waals surface area contributed by atoms with Gasteiger partial charge in [-0.05, 0) is 42.2 Å². The molecule has 2 aromatic carbocycles. The standard InChI is InChI=1S/C25H27FN4O2/c1-4-21(18-10-8-7-9-11-18)28-23(32)19-12-17(13-20(26)14-19)16-30-22(31)15-25(5-2,6-3)29-24(30)27/h1,7-14,21H,5-6,15-16H2,2-3H3,(H2,27,29)(H,28,32)/t21-/m0/s1. The molecule has 0 aromatic heterocycles. The Bertz CT molecular complexity index is 1070. The first-order valence-electron chi connectivity index (χ1n) is 10.6. The van der Waals surface area contributed by atoms with Gasteiger partial charge in [0.15, 0.2) is 5.96 Å². The Morgan fingerprint density at radius 2 is 1.97 bits per heavy atom. The fourth-order valence-corrected chi connectivity index (χ4v) is 3.81. The zero-order valence-corrected chi connectivity index (χ0v) is 18.3. The molecule has 2 amide bonds. The van der Waals surface area contributed by atoms with Crippen LogP contribution in [0.1, 0.15) is 60.6 Å². The number of guanidine groups is 1. The molecule has 2 aromatic rings. The predicted molar refractivity (Wildman–Crippen MR) is 122 cm³/mol. The van der Waals surface area contributed by atoms with Crippen molar-refractivity contribution < 1.29 is 14.0 Å². The molecule has 32 heavy (non-hydrogen) atoms. The quantitative estimate of drug-likeness (QED) is 0.654. The highest BCUT2D eigenvalue weighted by molar-refractivity contribution is 5.99. The Labute approximate surface area is 187 Å². The van der Waals surface area contributed by atoms with E-state index in [1.807, 2.05) is 32.0 Å². The van der Waals surface area contributed by atoms with Crippen molar-refractivity contribution in [1.82, 2.24) is 10.2 Å². The van der Waals surface area contributed by atoms with E-state index in [0.29, 0.717) is 18.4 Å². The van der Waals surface area contributed by atoms with Gasteiger partial charge in [-0.25, -0.2) is 9.38 Å². The molecule has 0 aliphatic carbocycles. The number of hydrogen-bond acceptors (Lipinski definition) is 4. The summed E-state index contributed by atoms with van der Waals surface area (Å²) in [6.07, 6.45) is 7.22. The molecule has 1 aliphatic heterocycles. The molecule has 3 N–H and O–H groups in total. The molecular formula is C25H27FN4O2. The van der Waals surface area contributed by atoms with Crippen molar-refractivity contribution >= 4 is 17.8 Å². The van der Waals surface area contributed by atoms with Gasteiger partial charge in [0.25, 0.3) is 5.91 Å². The lowest BCUT2D eigenvalue weighted by Gasteiger charge is -2.36. The highest BCUT2D eigenvalue weighted by Gasteiger charge is 2.37. The van der Waals surface area contributed by atoms with Crippen LogP contribution in [-0.2, 0) is 11.3 Å². The van der Waals surface area contributed by atoms with Crippen LogP contribution in [0.5, 0.6) is 0 Å². The van der Waals surface area contributed by atoms with Gasteiger partial charge < -0.3 is 11.1 Å². The van der Waals surface area contributed by atoms with Crippen molar-refractivity contribution in [3.8, 4) is 12.3 Å². The first kappa shape index (κ1) is 23.0. The van der Waals surface area contributed by atoms with Crippen LogP contribution >= 0.6 is 0 Å². The number of amides is 2. The largest absolute Gasteiger partial charge is 0.369 e. The van der Waals surface area contributed by atoms with E-state index in [4.69, 9.17) is 12.2 Å². The van der Waals surface area contributed by atoms with Crippen LogP contribution in [-0.4, -0.2) is 28.2 Å². The van der Waals surface area contributed by atoms with Crippen LogP contribution < -0.4 is 11.1 Å².